The third kappa shape index (κ3) is 2.28. The van der Waals surface area contributed by atoms with E-state index in [1.165, 1.54) is 0 Å². The van der Waals surface area contributed by atoms with E-state index in [1.807, 2.05) is 37.3 Å². The third-order valence-corrected chi connectivity index (χ3v) is 3.12. The van der Waals surface area contributed by atoms with Gasteiger partial charge in [-0.2, -0.15) is 0 Å². The minimum atomic E-state index is 0.597. The Balaban J connectivity index is 2.07. The summed E-state index contributed by atoms with van der Waals surface area (Å²) in [6.45, 7) is 3.25. The molecule has 0 bridgehead atoms. The number of rotatable bonds is 1. The molecule has 0 N–H and O–H groups in total. The molecule has 0 spiro atoms. The van der Waals surface area contributed by atoms with Crippen molar-refractivity contribution in [3.63, 3.8) is 0 Å². The van der Waals surface area contributed by atoms with Crippen molar-refractivity contribution < 1.29 is 9.47 Å². The highest BCUT2D eigenvalue weighted by Gasteiger charge is 2.12. The van der Waals surface area contributed by atoms with Crippen LogP contribution < -0.4 is 9.47 Å². The molecule has 0 aromatic heterocycles. The lowest BCUT2D eigenvalue weighted by atomic mass is 10.00. The van der Waals surface area contributed by atoms with E-state index in [-0.39, 0.29) is 0 Å². The average Bonchev–Trinajstić information content (AvgIpc) is 2.46. The fourth-order valence-corrected chi connectivity index (χ4v) is 2.26. The number of ether oxygens (including phenoxy) is 2. The molecule has 19 heavy (non-hydrogen) atoms. The van der Waals surface area contributed by atoms with Crippen LogP contribution in [-0.2, 0) is 0 Å². The summed E-state index contributed by atoms with van der Waals surface area (Å²) in [5.74, 6) is 4.29. The van der Waals surface area contributed by atoms with Crippen molar-refractivity contribution in [2.75, 3.05) is 13.2 Å². The van der Waals surface area contributed by atoms with E-state index in [0.717, 1.165) is 33.8 Å². The van der Waals surface area contributed by atoms with Gasteiger partial charge in [-0.05, 0) is 47.9 Å². The summed E-state index contributed by atoms with van der Waals surface area (Å²) in [5, 5.41) is 0. The summed E-state index contributed by atoms with van der Waals surface area (Å²) in [7, 11) is 0. The van der Waals surface area contributed by atoms with E-state index in [2.05, 4.69) is 12.0 Å². The zero-order chi connectivity index (χ0) is 13.2. The summed E-state index contributed by atoms with van der Waals surface area (Å²) < 4.78 is 11.1. The van der Waals surface area contributed by atoms with Gasteiger partial charge in [-0.1, -0.05) is 18.1 Å². The molecule has 0 saturated carbocycles. The van der Waals surface area contributed by atoms with Crippen LogP contribution in [0.3, 0.4) is 0 Å². The normalized spacial score (nSPS) is 12.8. The zero-order valence-electron chi connectivity index (χ0n) is 10.8. The number of fused-ring (bicyclic) bond motifs is 1. The van der Waals surface area contributed by atoms with Crippen molar-refractivity contribution in [1.82, 2.24) is 0 Å². The fourth-order valence-electron chi connectivity index (χ4n) is 2.26. The Morgan fingerprint density at radius 2 is 1.74 bits per heavy atom. The molecule has 1 heterocycles. The van der Waals surface area contributed by atoms with Crippen LogP contribution in [0.25, 0.3) is 11.1 Å². The third-order valence-electron chi connectivity index (χ3n) is 3.12. The lowest BCUT2D eigenvalue weighted by Gasteiger charge is -2.19. The highest BCUT2D eigenvalue weighted by molar-refractivity contribution is 5.69. The van der Waals surface area contributed by atoms with E-state index < -0.39 is 0 Å². The number of benzene rings is 2. The summed E-state index contributed by atoms with van der Waals surface area (Å²) >= 11 is 0. The van der Waals surface area contributed by atoms with Crippen molar-refractivity contribution in [3.05, 3.63) is 47.5 Å². The second-order valence-corrected chi connectivity index (χ2v) is 4.59. The molecule has 94 valence electrons. The standard InChI is InChI=1S/C17H14O2/c1-3-13-8-12(2)9-15(10-13)14-4-5-16-17(11-14)19-7-6-18-16/h1,4-5,8-11H,6-7H2,2H3. The first kappa shape index (κ1) is 11.7. The summed E-state index contributed by atoms with van der Waals surface area (Å²) in [5.41, 5.74) is 4.24. The molecule has 3 rings (SSSR count). The first-order valence-electron chi connectivity index (χ1n) is 6.24. The first-order chi connectivity index (χ1) is 9.26. The number of aryl methyl sites for hydroxylation is 1. The maximum atomic E-state index is 5.61. The smallest absolute Gasteiger partial charge is 0.161 e. The van der Waals surface area contributed by atoms with E-state index in [4.69, 9.17) is 15.9 Å². The lowest BCUT2D eigenvalue weighted by molar-refractivity contribution is 0.171. The van der Waals surface area contributed by atoms with Gasteiger partial charge in [0.1, 0.15) is 13.2 Å². The van der Waals surface area contributed by atoms with Gasteiger partial charge in [0, 0.05) is 5.56 Å². The molecule has 1 aliphatic heterocycles. The molecule has 2 aromatic carbocycles. The largest absolute Gasteiger partial charge is 0.486 e. The van der Waals surface area contributed by atoms with E-state index in [0.29, 0.717) is 13.2 Å². The minimum Gasteiger partial charge on any atom is -0.486 e. The van der Waals surface area contributed by atoms with Crippen LogP contribution in [0.1, 0.15) is 11.1 Å². The maximum absolute atomic E-state index is 5.61. The maximum Gasteiger partial charge on any atom is 0.161 e. The molecule has 2 heteroatoms. The van der Waals surface area contributed by atoms with Gasteiger partial charge in [0.2, 0.25) is 0 Å². The Kier molecular flexibility index (Phi) is 2.89. The zero-order valence-corrected chi connectivity index (χ0v) is 10.8. The predicted octanol–water partition coefficient (Wildman–Crippen LogP) is 3.41. The van der Waals surface area contributed by atoms with Crippen LogP contribution in [0, 0.1) is 19.3 Å². The topological polar surface area (TPSA) is 18.5 Å². The molecule has 0 unspecified atom stereocenters. The van der Waals surface area contributed by atoms with Crippen LogP contribution in [0.15, 0.2) is 36.4 Å². The van der Waals surface area contributed by atoms with Crippen LogP contribution in [0.4, 0.5) is 0 Å². The Bertz CT molecular complexity index is 665. The van der Waals surface area contributed by atoms with Crippen molar-refractivity contribution >= 4 is 0 Å². The molecule has 0 radical (unpaired) electrons. The highest BCUT2D eigenvalue weighted by Crippen LogP contribution is 2.34. The van der Waals surface area contributed by atoms with Crippen LogP contribution in [0.2, 0.25) is 0 Å². The first-order valence-corrected chi connectivity index (χ1v) is 6.24. The average molecular weight is 250 g/mol. The summed E-state index contributed by atoms with van der Waals surface area (Å²) in [4.78, 5) is 0. The predicted molar refractivity (Wildman–Crippen MR) is 75.5 cm³/mol. The van der Waals surface area contributed by atoms with Crippen molar-refractivity contribution in [1.29, 1.82) is 0 Å². The molecule has 2 aromatic rings. The molecule has 0 saturated heterocycles. The highest BCUT2D eigenvalue weighted by atomic mass is 16.6. The number of terminal acetylenes is 1. The van der Waals surface area contributed by atoms with E-state index in [1.54, 1.807) is 0 Å². The fraction of sp³-hybridized carbons (Fsp3) is 0.176. The van der Waals surface area contributed by atoms with E-state index >= 15 is 0 Å². The molecule has 0 aliphatic carbocycles. The van der Waals surface area contributed by atoms with Crippen LogP contribution in [0.5, 0.6) is 11.5 Å². The summed E-state index contributed by atoms with van der Waals surface area (Å²) in [6.07, 6.45) is 5.48. The van der Waals surface area contributed by atoms with Crippen LogP contribution >= 0.6 is 0 Å². The van der Waals surface area contributed by atoms with Gasteiger partial charge in [0.25, 0.3) is 0 Å². The van der Waals surface area contributed by atoms with Gasteiger partial charge in [0.15, 0.2) is 11.5 Å². The van der Waals surface area contributed by atoms with Gasteiger partial charge >= 0.3 is 0 Å². The summed E-state index contributed by atoms with van der Waals surface area (Å²) in [6, 6.07) is 12.1. The SMILES string of the molecule is C#Cc1cc(C)cc(-c2ccc3c(c2)OCCO3)c1. The number of hydrogen-bond acceptors (Lipinski definition) is 2. The lowest BCUT2D eigenvalue weighted by Crippen LogP contribution is -2.15. The molecule has 0 atom stereocenters. The van der Waals surface area contributed by atoms with Gasteiger partial charge in [-0.15, -0.1) is 6.42 Å². The van der Waals surface area contributed by atoms with Crippen LogP contribution in [-0.4, -0.2) is 13.2 Å². The van der Waals surface area contributed by atoms with Crippen molar-refractivity contribution in [3.8, 4) is 35.0 Å². The molecule has 1 aliphatic rings. The second kappa shape index (κ2) is 4.70. The molecule has 2 nitrogen and oxygen atoms in total. The van der Waals surface area contributed by atoms with Gasteiger partial charge < -0.3 is 9.47 Å². The molecule has 0 amide bonds. The molecule has 0 fully saturated rings. The quantitative estimate of drug-likeness (QED) is 0.722. The Hall–Kier alpha value is -2.40. The van der Waals surface area contributed by atoms with E-state index in [9.17, 15) is 0 Å². The van der Waals surface area contributed by atoms with Gasteiger partial charge in [-0.25, -0.2) is 0 Å². The second-order valence-electron chi connectivity index (χ2n) is 4.59. The number of hydrogen-bond donors (Lipinski definition) is 0. The molecular weight excluding hydrogens is 236 g/mol. The Morgan fingerprint density at radius 3 is 2.53 bits per heavy atom. The molecular formula is C17H14O2. The van der Waals surface area contributed by atoms with Gasteiger partial charge in [0.05, 0.1) is 0 Å². The van der Waals surface area contributed by atoms with Crippen molar-refractivity contribution in [2.45, 2.75) is 6.92 Å². The van der Waals surface area contributed by atoms with Crippen molar-refractivity contribution in [2.24, 2.45) is 0 Å². The minimum absolute atomic E-state index is 0.597. The monoisotopic (exact) mass is 250 g/mol. The Labute approximate surface area is 113 Å². The Morgan fingerprint density at radius 1 is 0.947 bits per heavy atom. The van der Waals surface area contributed by atoms with Gasteiger partial charge in [-0.3, -0.25) is 0 Å².